The number of carboxylic acid groups (broad SMARTS) is 1. The molecule has 0 aromatic heterocycles. The Hall–Kier alpha value is -1.10. The molecule has 5 nitrogen and oxygen atoms in total. The highest BCUT2D eigenvalue weighted by molar-refractivity contribution is 5.81. The molecule has 4 N–H and O–H groups in total. The Morgan fingerprint density at radius 1 is 1.47 bits per heavy atom. The van der Waals surface area contributed by atoms with Gasteiger partial charge in [-0.05, 0) is 26.2 Å². The van der Waals surface area contributed by atoms with Gasteiger partial charge in [0.2, 0.25) is 5.91 Å². The van der Waals surface area contributed by atoms with E-state index in [4.69, 9.17) is 10.8 Å². The smallest absolute Gasteiger partial charge is 0.311 e. The van der Waals surface area contributed by atoms with Crippen LogP contribution in [0, 0.1) is 11.3 Å². The molecule has 0 radical (unpaired) electrons. The summed E-state index contributed by atoms with van der Waals surface area (Å²) in [5.74, 6) is -1.13. The third-order valence-electron chi connectivity index (χ3n) is 3.86. The Kier molecular flexibility index (Phi) is 4.51. The van der Waals surface area contributed by atoms with Gasteiger partial charge in [0.25, 0.3) is 0 Å². The van der Waals surface area contributed by atoms with Gasteiger partial charge < -0.3 is 16.2 Å². The van der Waals surface area contributed by atoms with Gasteiger partial charge in [-0.25, -0.2) is 0 Å². The number of rotatable bonds is 5. The third kappa shape index (κ3) is 3.19. The molecule has 1 saturated carbocycles. The van der Waals surface area contributed by atoms with E-state index in [9.17, 15) is 9.59 Å². The molecule has 0 aliphatic heterocycles. The molecule has 0 saturated heterocycles. The highest BCUT2D eigenvalue weighted by atomic mass is 16.4. The zero-order chi connectivity index (χ0) is 13.1. The fourth-order valence-corrected chi connectivity index (χ4v) is 2.08. The van der Waals surface area contributed by atoms with Crippen LogP contribution in [0.5, 0.6) is 0 Å². The Bertz CT molecular complexity index is 306. The summed E-state index contributed by atoms with van der Waals surface area (Å²) >= 11 is 0. The lowest BCUT2D eigenvalue weighted by molar-refractivity contribution is -0.148. The van der Waals surface area contributed by atoms with E-state index in [1.165, 1.54) is 0 Å². The van der Waals surface area contributed by atoms with Crippen molar-refractivity contribution < 1.29 is 14.7 Å². The molecule has 5 heteroatoms. The zero-order valence-electron chi connectivity index (χ0n) is 10.5. The highest BCUT2D eigenvalue weighted by Crippen LogP contribution is 2.25. The van der Waals surface area contributed by atoms with Crippen LogP contribution in [0.4, 0.5) is 0 Å². The monoisotopic (exact) mass is 242 g/mol. The zero-order valence-corrected chi connectivity index (χ0v) is 10.5. The molecule has 17 heavy (non-hydrogen) atoms. The summed E-state index contributed by atoms with van der Waals surface area (Å²) in [5.41, 5.74) is 4.94. The summed E-state index contributed by atoms with van der Waals surface area (Å²) in [4.78, 5) is 22.9. The van der Waals surface area contributed by atoms with Gasteiger partial charge in [0, 0.05) is 12.6 Å². The largest absolute Gasteiger partial charge is 0.481 e. The summed E-state index contributed by atoms with van der Waals surface area (Å²) < 4.78 is 0. The first-order chi connectivity index (χ1) is 7.90. The van der Waals surface area contributed by atoms with E-state index in [-0.39, 0.29) is 24.4 Å². The van der Waals surface area contributed by atoms with Gasteiger partial charge in [-0.3, -0.25) is 9.59 Å². The Morgan fingerprint density at radius 3 is 2.53 bits per heavy atom. The molecule has 0 aromatic rings. The molecule has 3 unspecified atom stereocenters. The van der Waals surface area contributed by atoms with Crippen LogP contribution in [-0.2, 0) is 9.59 Å². The molecule has 0 bridgehead atoms. The maximum atomic E-state index is 11.9. The number of aliphatic carboxylic acids is 1. The van der Waals surface area contributed by atoms with Crippen molar-refractivity contribution in [3.05, 3.63) is 0 Å². The van der Waals surface area contributed by atoms with Crippen molar-refractivity contribution in [3.63, 3.8) is 0 Å². The van der Waals surface area contributed by atoms with Crippen LogP contribution in [0.1, 0.15) is 39.5 Å². The number of carbonyl (C=O) groups is 2. The van der Waals surface area contributed by atoms with Crippen LogP contribution >= 0.6 is 0 Å². The second-order valence-electron chi connectivity index (χ2n) is 5.14. The van der Waals surface area contributed by atoms with E-state index in [1.807, 2.05) is 6.92 Å². The van der Waals surface area contributed by atoms with Gasteiger partial charge in [-0.2, -0.15) is 0 Å². The van der Waals surface area contributed by atoms with Crippen molar-refractivity contribution in [1.29, 1.82) is 0 Å². The minimum absolute atomic E-state index is 0.0762. The summed E-state index contributed by atoms with van der Waals surface area (Å²) in [6.45, 7) is 3.62. The number of carboxylic acids is 1. The van der Waals surface area contributed by atoms with E-state index in [0.717, 1.165) is 19.3 Å². The fraction of sp³-hybridized carbons (Fsp3) is 0.833. The van der Waals surface area contributed by atoms with Crippen LogP contribution in [-0.4, -0.2) is 29.6 Å². The maximum absolute atomic E-state index is 11.9. The first kappa shape index (κ1) is 14.0. The van der Waals surface area contributed by atoms with E-state index in [2.05, 4.69) is 5.32 Å². The quantitative estimate of drug-likeness (QED) is 0.662. The lowest BCUT2D eigenvalue weighted by Crippen LogP contribution is -2.45. The summed E-state index contributed by atoms with van der Waals surface area (Å²) in [6, 6.07) is -0.0762. The van der Waals surface area contributed by atoms with Gasteiger partial charge in [-0.1, -0.05) is 13.3 Å². The molecule has 1 rings (SSSR count). The molecule has 0 aromatic carbocycles. The second-order valence-corrected chi connectivity index (χ2v) is 5.14. The average Bonchev–Trinajstić information content (AvgIpc) is 2.71. The van der Waals surface area contributed by atoms with Gasteiger partial charge >= 0.3 is 5.97 Å². The minimum Gasteiger partial charge on any atom is -0.481 e. The van der Waals surface area contributed by atoms with Crippen molar-refractivity contribution in [3.8, 4) is 0 Å². The van der Waals surface area contributed by atoms with Gasteiger partial charge in [0.15, 0.2) is 0 Å². The van der Waals surface area contributed by atoms with Crippen molar-refractivity contribution in [2.24, 2.45) is 17.1 Å². The molecule has 3 atom stereocenters. The molecule has 1 aliphatic carbocycles. The molecular formula is C12H22N2O3. The first-order valence-electron chi connectivity index (χ1n) is 6.17. The maximum Gasteiger partial charge on any atom is 0.311 e. The number of hydrogen-bond acceptors (Lipinski definition) is 3. The van der Waals surface area contributed by atoms with Gasteiger partial charge in [-0.15, -0.1) is 0 Å². The van der Waals surface area contributed by atoms with Crippen molar-refractivity contribution >= 4 is 11.9 Å². The number of hydrogen-bond donors (Lipinski definition) is 3. The van der Waals surface area contributed by atoms with Crippen LogP contribution in [0.3, 0.4) is 0 Å². The molecule has 1 aliphatic rings. The van der Waals surface area contributed by atoms with Crippen molar-refractivity contribution in [2.75, 3.05) is 6.54 Å². The highest BCUT2D eigenvalue weighted by Gasteiger charge is 2.34. The van der Waals surface area contributed by atoms with Gasteiger partial charge in [0.05, 0.1) is 11.3 Å². The topological polar surface area (TPSA) is 92.4 Å². The normalized spacial score (nSPS) is 27.5. The van der Waals surface area contributed by atoms with Crippen LogP contribution in [0.25, 0.3) is 0 Å². The Morgan fingerprint density at radius 2 is 2.12 bits per heavy atom. The van der Waals surface area contributed by atoms with E-state index in [1.54, 1.807) is 6.92 Å². The minimum atomic E-state index is -0.891. The van der Waals surface area contributed by atoms with Crippen molar-refractivity contribution in [1.82, 2.24) is 5.32 Å². The second kappa shape index (κ2) is 5.49. The molecule has 1 amide bonds. The predicted molar refractivity (Wildman–Crippen MR) is 64.4 cm³/mol. The number of nitrogens with one attached hydrogen (secondary N) is 1. The molecule has 98 valence electrons. The lowest BCUT2D eigenvalue weighted by Gasteiger charge is -2.24. The number of amides is 1. The predicted octanol–water partition coefficient (Wildman–Crippen LogP) is 0.731. The van der Waals surface area contributed by atoms with E-state index >= 15 is 0 Å². The molecule has 0 spiro atoms. The van der Waals surface area contributed by atoms with Crippen LogP contribution in [0.15, 0.2) is 0 Å². The SMILES string of the molecule is CCC(C)(CNC(=O)C1CCCC1N)C(=O)O. The number of carbonyl (C=O) groups excluding carboxylic acids is 1. The average molecular weight is 242 g/mol. The van der Waals surface area contributed by atoms with Crippen LogP contribution < -0.4 is 11.1 Å². The van der Waals surface area contributed by atoms with Crippen LogP contribution in [0.2, 0.25) is 0 Å². The first-order valence-corrected chi connectivity index (χ1v) is 6.17. The molecule has 1 fully saturated rings. The summed E-state index contributed by atoms with van der Waals surface area (Å²) in [6.07, 6.45) is 3.15. The lowest BCUT2D eigenvalue weighted by atomic mass is 9.87. The summed E-state index contributed by atoms with van der Waals surface area (Å²) in [5, 5.41) is 11.8. The fourth-order valence-electron chi connectivity index (χ4n) is 2.08. The van der Waals surface area contributed by atoms with Crippen molar-refractivity contribution in [2.45, 2.75) is 45.6 Å². The standard InChI is InChI=1S/C12H22N2O3/c1-3-12(2,11(16)17)7-14-10(15)8-5-4-6-9(8)13/h8-9H,3-7,13H2,1-2H3,(H,14,15)(H,16,17). The third-order valence-corrected chi connectivity index (χ3v) is 3.86. The van der Waals surface area contributed by atoms with E-state index < -0.39 is 11.4 Å². The van der Waals surface area contributed by atoms with Gasteiger partial charge in [0.1, 0.15) is 0 Å². The molecular weight excluding hydrogens is 220 g/mol. The molecule has 0 heterocycles. The van der Waals surface area contributed by atoms with E-state index in [0.29, 0.717) is 6.42 Å². The number of nitrogens with two attached hydrogens (primary N) is 1. The Balaban J connectivity index is 2.50. The Labute approximate surface area is 102 Å². The summed E-state index contributed by atoms with van der Waals surface area (Å²) in [7, 11) is 0.